The average Bonchev–Trinajstić information content (AvgIpc) is 3.40. The number of hydrogen-bond acceptors (Lipinski definition) is 5. The van der Waals surface area contributed by atoms with Gasteiger partial charge < -0.3 is 24.5 Å². The molecule has 2 aliphatic heterocycles. The molecule has 1 aromatic rings. The van der Waals surface area contributed by atoms with Crippen LogP contribution in [0.15, 0.2) is 22.8 Å². The molecule has 0 radical (unpaired) electrons. The van der Waals surface area contributed by atoms with Gasteiger partial charge in [0.15, 0.2) is 5.79 Å². The lowest BCUT2D eigenvalue weighted by Crippen LogP contribution is -2.48. The van der Waals surface area contributed by atoms with Gasteiger partial charge in [0, 0.05) is 25.4 Å². The third kappa shape index (κ3) is 4.05. The normalized spacial score (nSPS) is 24.8. The van der Waals surface area contributed by atoms with Gasteiger partial charge in [0.25, 0.3) is 0 Å². The highest BCUT2D eigenvalue weighted by molar-refractivity contribution is 5.74. The Balaban J connectivity index is 1.25. The highest BCUT2D eigenvalue weighted by atomic mass is 16.7. The minimum atomic E-state index is -0.380. The summed E-state index contributed by atoms with van der Waals surface area (Å²) in [5, 5.41) is 6.15. The van der Waals surface area contributed by atoms with Gasteiger partial charge in [-0.2, -0.15) is 0 Å². The van der Waals surface area contributed by atoms with Crippen molar-refractivity contribution in [2.24, 2.45) is 0 Å². The zero-order valence-corrected chi connectivity index (χ0v) is 15.2. The van der Waals surface area contributed by atoms with Gasteiger partial charge in [0.1, 0.15) is 5.76 Å². The van der Waals surface area contributed by atoms with Crippen molar-refractivity contribution < 1.29 is 18.7 Å². The van der Waals surface area contributed by atoms with Gasteiger partial charge in [-0.3, -0.25) is 4.90 Å². The van der Waals surface area contributed by atoms with E-state index >= 15 is 0 Å². The summed E-state index contributed by atoms with van der Waals surface area (Å²) in [7, 11) is 0. The quantitative estimate of drug-likeness (QED) is 0.840. The van der Waals surface area contributed by atoms with E-state index in [-0.39, 0.29) is 23.9 Å². The molecule has 3 fully saturated rings. The molecular weight excluding hydrogens is 334 g/mol. The number of urea groups is 1. The van der Waals surface area contributed by atoms with Crippen molar-refractivity contribution in [1.29, 1.82) is 0 Å². The van der Waals surface area contributed by atoms with Crippen LogP contribution in [0.4, 0.5) is 4.79 Å². The van der Waals surface area contributed by atoms with Gasteiger partial charge in [-0.15, -0.1) is 0 Å². The molecule has 1 aliphatic carbocycles. The van der Waals surface area contributed by atoms with Crippen molar-refractivity contribution in [3.05, 3.63) is 24.2 Å². The van der Waals surface area contributed by atoms with Crippen molar-refractivity contribution in [3.63, 3.8) is 0 Å². The first-order valence-corrected chi connectivity index (χ1v) is 9.84. The van der Waals surface area contributed by atoms with Gasteiger partial charge in [-0.25, -0.2) is 4.79 Å². The van der Waals surface area contributed by atoms with E-state index in [4.69, 9.17) is 13.9 Å². The molecule has 26 heavy (non-hydrogen) atoms. The average molecular weight is 363 g/mol. The Morgan fingerprint density at radius 2 is 1.96 bits per heavy atom. The highest BCUT2D eigenvalue weighted by Gasteiger charge is 2.40. The van der Waals surface area contributed by atoms with Crippen LogP contribution in [0.25, 0.3) is 0 Å². The van der Waals surface area contributed by atoms with Crippen molar-refractivity contribution in [2.75, 3.05) is 32.8 Å². The second-order valence-electron chi connectivity index (χ2n) is 7.51. The van der Waals surface area contributed by atoms with Crippen molar-refractivity contribution >= 4 is 6.03 Å². The van der Waals surface area contributed by atoms with Crippen LogP contribution in [0.5, 0.6) is 0 Å². The van der Waals surface area contributed by atoms with E-state index in [0.29, 0.717) is 19.8 Å². The smallest absolute Gasteiger partial charge is 0.315 e. The third-order valence-electron chi connectivity index (χ3n) is 5.81. The summed E-state index contributed by atoms with van der Waals surface area (Å²) in [6.07, 6.45) is 7.59. The number of carbonyl (C=O) groups is 1. The molecule has 2 saturated heterocycles. The Hall–Kier alpha value is -1.57. The fraction of sp³-hybridized carbons (Fsp3) is 0.737. The van der Waals surface area contributed by atoms with Crippen LogP contribution in [0.2, 0.25) is 0 Å². The Bertz CT molecular complexity index is 570. The van der Waals surface area contributed by atoms with E-state index in [9.17, 15) is 4.79 Å². The summed E-state index contributed by atoms with van der Waals surface area (Å²) in [6.45, 7) is 4.04. The topological polar surface area (TPSA) is 76.0 Å². The molecule has 2 N–H and O–H groups in total. The summed E-state index contributed by atoms with van der Waals surface area (Å²) in [5.41, 5.74) is 0. The highest BCUT2D eigenvalue weighted by Crippen LogP contribution is 2.35. The summed E-state index contributed by atoms with van der Waals surface area (Å²) in [4.78, 5) is 14.8. The van der Waals surface area contributed by atoms with E-state index in [2.05, 4.69) is 15.5 Å². The predicted octanol–water partition coefficient (Wildman–Crippen LogP) is 2.40. The lowest BCUT2D eigenvalue weighted by atomic mass is 9.90. The third-order valence-corrected chi connectivity index (χ3v) is 5.81. The van der Waals surface area contributed by atoms with E-state index in [1.54, 1.807) is 6.26 Å². The Morgan fingerprint density at radius 1 is 1.23 bits per heavy atom. The monoisotopic (exact) mass is 363 g/mol. The molecule has 1 atom stereocenters. The van der Waals surface area contributed by atoms with E-state index < -0.39 is 0 Å². The first-order valence-electron chi connectivity index (χ1n) is 9.84. The molecule has 0 bridgehead atoms. The summed E-state index contributed by atoms with van der Waals surface area (Å²) in [6, 6.07) is 4.08. The fourth-order valence-corrected chi connectivity index (χ4v) is 4.36. The van der Waals surface area contributed by atoms with Crippen LogP contribution in [-0.4, -0.2) is 55.6 Å². The number of carbonyl (C=O) groups excluding carboxylic acids is 1. The predicted molar refractivity (Wildman–Crippen MR) is 95.7 cm³/mol. The van der Waals surface area contributed by atoms with Crippen LogP contribution in [-0.2, 0) is 9.47 Å². The number of nitrogens with zero attached hydrogens (tertiary/aromatic N) is 1. The minimum absolute atomic E-state index is 0.102. The van der Waals surface area contributed by atoms with Crippen molar-refractivity contribution in [2.45, 2.75) is 56.4 Å². The molecule has 7 heteroatoms. The number of ether oxygens (including phenoxy) is 2. The number of furan rings is 1. The molecule has 1 unspecified atom stereocenters. The first-order chi connectivity index (χ1) is 12.7. The SMILES string of the molecule is O=C(NCC(c1ccco1)N1CCCC1)NC1CCC2(CC1)OCCO2. The van der Waals surface area contributed by atoms with E-state index in [0.717, 1.165) is 44.5 Å². The van der Waals surface area contributed by atoms with Crippen molar-refractivity contribution in [3.8, 4) is 0 Å². The number of nitrogens with one attached hydrogen (secondary N) is 2. The van der Waals surface area contributed by atoms with Gasteiger partial charge >= 0.3 is 6.03 Å². The molecule has 7 nitrogen and oxygen atoms in total. The number of amides is 2. The van der Waals surface area contributed by atoms with Crippen LogP contribution >= 0.6 is 0 Å². The second-order valence-corrected chi connectivity index (χ2v) is 7.51. The Kier molecular flexibility index (Phi) is 5.47. The lowest BCUT2D eigenvalue weighted by molar-refractivity contribution is -0.179. The van der Waals surface area contributed by atoms with Crippen LogP contribution in [0.1, 0.15) is 50.3 Å². The van der Waals surface area contributed by atoms with E-state index in [1.807, 2.05) is 12.1 Å². The largest absolute Gasteiger partial charge is 0.468 e. The van der Waals surface area contributed by atoms with E-state index in [1.165, 1.54) is 12.8 Å². The number of hydrogen-bond donors (Lipinski definition) is 2. The molecule has 1 spiro atoms. The summed E-state index contributed by atoms with van der Waals surface area (Å²) >= 11 is 0. The molecule has 4 rings (SSSR count). The first kappa shape index (κ1) is 17.8. The summed E-state index contributed by atoms with van der Waals surface area (Å²) < 4.78 is 17.1. The lowest BCUT2D eigenvalue weighted by Gasteiger charge is -2.35. The Morgan fingerprint density at radius 3 is 2.62 bits per heavy atom. The Labute approximate surface area is 154 Å². The molecule has 3 aliphatic rings. The zero-order valence-electron chi connectivity index (χ0n) is 15.2. The molecule has 144 valence electrons. The molecule has 1 aromatic heterocycles. The second kappa shape index (κ2) is 7.98. The van der Waals surface area contributed by atoms with Gasteiger partial charge in [0.2, 0.25) is 0 Å². The number of likely N-dealkylation sites (tertiary alicyclic amines) is 1. The van der Waals surface area contributed by atoms with Gasteiger partial charge in [-0.05, 0) is 50.9 Å². The maximum atomic E-state index is 12.4. The maximum absolute atomic E-state index is 12.4. The van der Waals surface area contributed by atoms with Crippen LogP contribution in [0, 0.1) is 0 Å². The standard InChI is InChI=1S/C19H29N3O4/c23-18(21-15-5-7-19(8-6-15)25-12-13-26-19)20-14-16(17-4-3-11-24-17)22-9-1-2-10-22/h3-4,11,15-16H,1-2,5-10,12-14H2,(H2,20,21,23). The molecular formula is C19H29N3O4. The number of rotatable bonds is 5. The summed E-state index contributed by atoms with van der Waals surface area (Å²) in [5.74, 6) is 0.539. The van der Waals surface area contributed by atoms with Gasteiger partial charge in [0.05, 0.1) is 25.5 Å². The molecule has 0 aromatic carbocycles. The minimum Gasteiger partial charge on any atom is -0.468 e. The fourth-order valence-electron chi connectivity index (χ4n) is 4.36. The maximum Gasteiger partial charge on any atom is 0.315 e. The molecule has 3 heterocycles. The van der Waals surface area contributed by atoms with Crippen LogP contribution < -0.4 is 10.6 Å². The van der Waals surface area contributed by atoms with Crippen LogP contribution in [0.3, 0.4) is 0 Å². The zero-order chi connectivity index (χ0) is 17.8. The van der Waals surface area contributed by atoms with Gasteiger partial charge in [-0.1, -0.05) is 0 Å². The van der Waals surface area contributed by atoms with Crippen molar-refractivity contribution in [1.82, 2.24) is 15.5 Å². The molecule has 1 saturated carbocycles. The molecule has 2 amide bonds.